The second kappa shape index (κ2) is 5.48. The number of amidine groups is 1. The first-order valence-corrected chi connectivity index (χ1v) is 6.01. The smallest absolute Gasteiger partial charge is 0.141 e. The minimum Gasteiger partial charge on any atom is -0.382 e. The molecule has 2 heterocycles. The van der Waals surface area contributed by atoms with Crippen LogP contribution in [0.1, 0.15) is 17.1 Å². The van der Waals surface area contributed by atoms with Crippen molar-refractivity contribution in [3.63, 3.8) is 0 Å². The molecule has 0 aliphatic heterocycles. The Kier molecular flexibility index (Phi) is 3.75. The number of hydrogen-bond acceptors (Lipinski definition) is 4. The van der Waals surface area contributed by atoms with E-state index in [2.05, 4.69) is 9.97 Å². The van der Waals surface area contributed by atoms with Crippen LogP contribution < -0.4 is 10.6 Å². The topological polar surface area (TPSA) is 78.9 Å². The van der Waals surface area contributed by atoms with Crippen molar-refractivity contribution in [2.75, 3.05) is 11.9 Å². The van der Waals surface area contributed by atoms with Gasteiger partial charge in [0, 0.05) is 12.7 Å². The number of aryl methyl sites for hydroxylation is 1. The second-order valence-electron chi connectivity index (χ2n) is 4.42. The monoisotopic (exact) mass is 255 g/mol. The molecule has 0 bridgehead atoms. The molecule has 2 rings (SSSR count). The van der Waals surface area contributed by atoms with Crippen LogP contribution in [0.2, 0.25) is 0 Å². The van der Waals surface area contributed by atoms with E-state index in [0.717, 1.165) is 17.2 Å². The highest BCUT2D eigenvalue weighted by Crippen LogP contribution is 2.12. The van der Waals surface area contributed by atoms with Crippen LogP contribution in [-0.2, 0) is 6.54 Å². The maximum Gasteiger partial charge on any atom is 0.141 e. The summed E-state index contributed by atoms with van der Waals surface area (Å²) in [5.41, 5.74) is 7.91. The Morgan fingerprint density at radius 2 is 1.95 bits per heavy atom. The van der Waals surface area contributed by atoms with Crippen molar-refractivity contribution in [1.82, 2.24) is 9.97 Å². The van der Waals surface area contributed by atoms with Crippen molar-refractivity contribution in [3.05, 3.63) is 53.5 Å². The molecule has 0 aromatic carbocycles. The largest absolute Gasteiger partial charge is 0.382 e. The van der Waals surface area contributed by atoms with E-state index in [1.807, 2.05) is 49.2 Å². The maximum absolute atomic E-state index is 7.41. The molecule has 19 heavy (non-hydrogen) atoms. The third-order valence-corrected chi connectivity index (χ3v) is 2.75. The average Bonchev–Trinajstić information content (AvgIpc) is 2.39. The number of pyridine rings is 2. The third kappa shape index (κ3) is 3.28. The fourth-order valence-electron chi connectivity index (χ4n) is 1.80. The van der Waals surface area contributed by atoms with Crippen molar-refractivity contribution in [3.8, 4) is 0 Å². The Morgan fingerprint density at radius 1 is 1.21 bits per heavy atom. The van der Waals surface area contributed by atoms with E-state index in [1.54, 1.807) is 6.07 Å². The molecule has 5 heteroatoms. The van der Waals surface area contributed by atoms with Gasteiger partial charge in [-0.3, -0.25) is 10.4 Å². The lowest BCUT2D eigenvalue weighted by molar-refractivity contribution is 0.858. The fourth-order valence-corrected chi connectivity index (χ4v) is 1.80. The molecule has 0 unspecified atom stereocenters. The van der Waals surface area contributed by atoms with Crippen LogP contribution >= 0.6 is 0 Å². The van der Waals surface area contributed by atoms with Crippen molar-refractivity contribution in [2.45, 2.75) is 13.5 Å². The predicted octanol–water partition coefficient (Wildman–Crippen LogP) is 1.71. The Hall–Kier alpha value is -2.43. The zero-order valence-corrected chi connectivity index (χ0v) is 11.1. The van der Waals surface area contributed by atoms with E-state index < -0.39 is 0 Å². The molecule has 0 aliphatic rings. The van der Waals surface area contributed by atoms with Gasteiger partial charge in [0.15, 0.2) is 0 Å². The molecule has 5 nitrogen and oxygen atoms in total. The van der Waals surface area contributed by atoms with Gasteiger partial charge in [-0.2, -0.15) is 0 Å². The van der Waals surface area contributed by atoms with E-state index in [1.165, 1.54) is 0 Å². The molecular formula is C14H17N5. The molecule has 0 spiro atoms. The van der Waals surface area contributed by atoms with Gasteiger partial charge >= 0.3 is 0 Å². The molecule has 0 radical (unpaired) electrons. The number of anilines is 1. The van der Waals surface area contributed by atoms with E-state index >= 15 is 0 Å². The van der Waals surface area contributed by atoms with E-state index in [9.17, 15) is 0 Å². The van der Waals surface area contributed by atoms with Crippen LogP contribution in [0.25, 0.3) is 0 Å². The normalized spacial score (nSPS) is 10.2. The summed E-state index contributed by atoms with van der Waals surface area (Å²) in [5.74, 6) is 0.750. The zero-order valence-electron chi connectivity index (χ0n) is 11.1. The van der Waals surface area contributed by atoms with Crippen LogP contribution in [0.3, 0.4) is 0 Å². The van der Waals surface area contributed by atoms with Crippen LogP contribution in [0, 0.1) is 12.3 Å². The van der Waals surface area contributed by atoms with Gasteiger partial charge in [0.25, 0.3) is 0 Å². The van der Waals surface area contributed by atoms with Crippen LogP contribution in [0.15, 0.2) is 36.4 Å². The van der Waals surface area contributed by atoms with Gasteiger partial charge in [0.05, 0.1) is 12.2 Å². The third-order valence-electron chi connectivity index (χ3n) is 2.75. The summed E-state index contributed by atoms with van der Waals surface area (Å²) in [7, 11) is 1.94. The number of nitrogen functional groups attached to an aromatic ring is 1. The quantitative estimate of drug-likeness (QED) is 0.644. The Balaban J connectivity index is 2.18. The zero-order chi connectivity index (χ0) is 13.8. The maximum atomic E-state index is 7.41. The lowest BCUT2D eigenvalue weighted by Gasteiger charge is -2.18. The van der Waals surface area contributed by atoms with Gasteiger partial charge in [-0.05, 0) is 31.2 Å². The number of rotatable bonds is 4. The molecule has 0 fully saturated rings. The highest BCUT2D eigenvalue weighted by atomic mass is 15.2. The van der Waals surface area contributed by atoms with Crippen molar-refractivity contribution >= 4 is 11.7 Å². The number of nitrogens with two attached hydrogens (primary N) is 1. The molecule has 2 aromatic heterocycles. The molecule has 0 saturated heterocycles. The molecular weight excluding hydrogens is 238 g/mol. The number of nitrogens with one attached hydrogen (secondary N) is 1. The van der Waals surface area contributed by atoms with Gasteiger partial charge in [-0.15, -0.1) is 0 Å². The minimum absolute atomic E-state index is 0.0241. The first-order chi connectivity index (χ1) is 9.06. The summed E-state index contributed by atoms with van der Waals surface area (Å²) in [6.07, 6.45) is 0. The Labute approximate surface area is 112 Å². The number of aromatic nitrogens is 2. The minimum atomic E-state index is -0.0241. The van der Waals surface area contributed by atoms with Gasteiger partial charge < -0.3 is 10.6 Å². The van der Waals surface area contributed by atoms with Crippen LogP contribution in [-0.4, -0.2) is 22.9 Å². The van der Waals surface area contributed by atoms with Crippen molar-refractivity contribution in [2.24, 2.45) is 5.73 Å². The summed E-state index contributed by atoms with van der Waals surface area (Å²) in [6.45, 7) is 2.63. The molecule has 0 atom stereocenters. The summed E-state index contributed by atoms with van der Waals surface area (Å²) >= 11 is 0. The van der Waals surface area contributed by atoms with Crippen molar-refractivity contribution < 1.29 is 0 Å². The second-order valence-corrected chi connectivity index (χ2v) is 4.42. The summed E-state index contributed by atoms with van der Waals surface area (Å²) in [4.78, 5) is 10.8. The van der Waals surface area contributed by atoms with Gasteiger partial charge in [-0.25, -0.2) is 4.98 Å². The number of nitrogens with zero attached hydrogens (tertiary/aromatic N) is 3. The standard InChI is InChI=1S/C14H17N5/c1-10-5-3-6-11(17-10)9-19(2)13-8-4-7-12(18-13)14(15)16/h3-8H,9H2,1-2H3,(H3,15,16). The van der Waals surface area contributed by atoms with Crippen molar-refractivity contribution in [1.29, 1.82) is 5.41 Å². The molecule has 0 saturated carbocycles. The van der Waals surface area contributed by atoms with Crippen LogP contribution in [0.4, 0.5) is 5.82 Å². The lowest BCUT2D eigenvalue weighted by atomic mass is 10.3. The van der Waals surface area contributed by atoms with E-state index in [0.29, 0.717) is 12.2 Å². The Morgan fingerprint density at radius 3 is 2.63 bits per heavy atom. The fraction of sp³-hybridized carbons (Fsp3) is 0.214. The highest BCUT2D eigenvalue weighted by Gasteiger charge is 2.06. The van der Waals surface area contributed by atoms with Gasteiger partial charge in [-0.1, -0.05) is 12.1 Å². The Bertz CT molecular complexity index is 594. The summed E-state index contributed by atoms with van der Waals surface area (Å²) in [6, 6.07) is 11.4. The SMILES string of the molecule is Cc1cccc(CN(C)c2cccc(C(=N)N)n2)n1. The summed E-state index contributed by atoms with van der Waals surface area (Å²) in [5, 5.41) is 7.41. The van der Waals surface area contributed by atoms with E-state index in [-0.39, 0.29) is 5.84 Å². The first-order valence-electron chi connectivity index (χ1n) is 6.01. The highest BCUT2D eigenvalue weighted by molar-refractivity contribution is 5.93. The molecule has 0 aliphatic carbocycles. The summed E-state index contributed by atoms with van der Waals surface area (Å²) < 4.78 is 0. The van der Waals surface area contributed by atoms with Gasteiger partial charge in [0.1, 0.15) is 17.3 Å². The predicted molar refractivity (Wildman–Crippen MR) is 76.3 cm³/mol. The van der Waals surface area contributed by atoms with E-state index in [4.69, 9.17) is 11.1 Å². The van der Waals surface area contributed by atoms with Gasteiger partial charge in [0.2, 0.25) is 0 Å². The molecule has 98 valence electrons. The first kappa shape index (κ1) is 13.0. The molecule has 2 aromatic rings. The van der Waals surface area contributed by atoms with Crippen LogP contribution in [0.5, 0.6) is 0 Å². The molecule has 0 amide bonds. The average molecular weight is 255 g/mol. The lowest BCUT2D eigenvalue weighted by Crippen LogP contribution is -2.21. The number of hydrogen-bond donors (Lipinski definition) is 2. The molecule has 3 N–H and O–H groups in total.